The van der Waals surface area contributed by atoms with Gasteiger partial charge in [0.15, 0.2) is 0 Å². The predicted octanol–water partition coefficient (Wildman–Crippen LogP) is 8.06. The van der Waals surface area contributed by atoms with Gasteiger partial charge < -0.3 is 31.1 Å². The van der Waals surface area contributed by atoms with Gasteiger partial charge in [-0.2, -0.15) is 13.2 Å². The summed E-state index contributed by atoms with van der Waals surface area (Å²) < 4.78 is 31.7. The van der Waals surface area contributed by atoms with Crippen molar-refractivity contribution in [2.24, 2.45) is 5.92 Å². The second-order valence-electron chi connectivity index (χ2n) is 12.3. The SMILES string of the molecule is CCCCN(CCCC)c1ccc(C(=O)N[C@H](C(=O)O)C2CCCCC2)c(NC(=O)Nc2c(C)cc(C)cc2C)c1.O=C(O)C(F)(F)F. The van der Waals surface area contributed by atoms with Crippen LogP contribution in [0, 0.1) is 26.7 Å². The number of carbonyl (C=O) groups is 4. The van der Waals surface area contributed by atoms with Crippen LogP contribution in [-0.2, 0) is 9.59 Å². The summed E-state index contributed by atoms with van der Waals surface area (Å²) >= 11 is 0. The van der Waals surface area contributed by atoms with Crippen molar-refractivity contribution in [3.8, 4) is 0 Å². The lowest BCUT2D eigenvalue weighted by molar-refractivity contribution is -0.192. The molecule has 0 unspecified atom stereocenters. The molecule has 1 atom stereocenters. The Morgan fingerprint density at radius 2 is 1.42 bits per heavy atom. The van der Waals surface area contributed by atoms with E-state index in [1.165, 1.54) is 0 Å². The van der Waals surface area contributed by atoms with Gasteiger partial charge >= 0.3 is 24.1 Å². The number of aryl methyl sites for hydroxylation is 3. The Bertz CT molecular complexity index is 1380. The Hall–Kier alpha value is -4.29. The molecule has 0 spiro atoms. The van der Waals surface area contributed by atoms with Crippen molar-refractivity contribution in [1.29, 1.82) is 0 Å². The molecule has 3 rings (SSSR count). The Labute approximate surface area is 280 Å². The van der Waals surface area contributed by atoms with E-state index in [9.17, 15) is 32.7 Å². The highest BCUT2D eigenvalue weighted by molar-refractivity contribution is 6.08. The Morgan fingerprint density at radius 1 is 0.875 bits per heavy atom. The number of unbranched alkanes of at least 4 members (excludes halogenated alkanes) is 2. The maximum atomic E-state index is 13.6. The molecular weight excluding hydrogens is 629 g/mol. The molecule has 0 saturated heterocycles. The second-order valence-corrected chi connectivity index (χ2v) is 12.3. The molecule has 0 radical (unpaired) electrons. The number of aliphatic carboxylic acids is 2. The van der Waals surface area contributed by atoms with Gasteiger partial charge in [0.25, 0.3) is 5.91 Å². The van der Waals surface area contributed by atoms with Crippen molar-refractivity contribution >= 4 is 40.9 Å². The number of anilines is 3. The van der Waals surface area contributed by atoms with Gasteiger partial charge in [0, 0.05) is 24.5 Å². The van der Waals surface area contributed by atoms with E-state index in [0.717, 1.165) is 98.9 Å². The molecule has 13 heteroatoms. The monoisotopic (exact) mass is 678 g/mol. The number of carboxylic acids is 2. The molecule has 1 fully saturated rings. The van der Waals surface area contributed by atoms with E-state index >= 15 is 0 Å². The van der Waals surface area contributed by atoms with Crippen LogP contribution in [0.5, 0.6) is 0 Å². The summed E-state index contributed by atoms with van der Waals surface area (Å²) in [6.07, 6.45) is 3.68. The van der Waals surface area contributed by atoms with E-state index < -0.39 is 36.1 Å². The number of nitrogens with zero attached hydrogens (tertiary/aromatic N) is 1. The van der Waals surface area contributed by atoms with Gasteiger partial charge in [0.2, 0.25) is 0 Å². The summed E-state index contributed by atoms with van der Waals surface area (Å²) in [6, 6.07) is 8.04. The average molecular weight is 679 g/mol. The van der Waals surface area contributed by atoms with Gasteiger partial charge in [-0.1, -0.05) is 63.6 Å². The van der Waals surface area contributed by atoms with Crippen LogP contribution in [-0.4, -0.2) is 59.4 Å². The maximum Gasteiger partial charge on any atom is 0.490 e. The lowest BCUT2D eigenvalue weighted by atomic mass is 9.84. The number of alkyl halides is 3. The zero-order valence-corrected chi connectivity index (χ0v) is 28.4. The highest BCUT2D eigenvalue weighted by Crippen LogP contribution is 2.29. The van der Waals surface area contributed by atoms with E-state index in [1.54, 1.807) is 6.07 Å². The minimum absolute atomic E-state index is 0.102. The summed E-state index contributed by atoms with van der Waals surface area (Å²) in [5.41, 5.74) is 5.26. The highest BCUT2D eigenvalue weighted by Gasteiger charge is 2.38. The largest absolute Gasteiger partial charge is 0.490 e. The number of hydrogen-bond acceptors (Lipinski definition) is 5. The van der Waals surface area contributed by atoms with Gasteiger partial charge in [-0.05, 0) is 81.7 Å². The molecule has 0 aromatic heterocycles. The molecule has 1 aliphatic rings. The van der Waals surface area contributed by atoms with Crippen molar-refractivity contribution in [2.75, 3.05) is 28.6 Å². The lowest BCUT2D eigenvalue weighted by Gasteiger charge is -2.29. The zero-order chi connectivity index (χ0) is 36.0. The fraction of sp³-hybridized carbons (Fsp3) is 0.543. The summed E-state index contributed by atoms with van der Waals surface area (Å²) in [5.74, 6) is -4.38. The minimum atomic E-state index is -5.08. The van der Waals surface area contributed by atoms with E-state index in [1.807, 2.05) is 45.0 Å². The van der Waals surface area contributed by atoms with Crippen molar-refractivity contribution in [3.05, 3.63) is 52.6 Å². The fourth-order valence-corrected chi connectivity index (χ4v) is 5.81. The molecule has 48 heavy (non-hydrogen) atoms. The van der Waals surface area contributed by atoms with E-state index in [0.29, 0.717) is 5.69 Å². The normalized spacial score (nSPS) is 13.8. The molecular formula is C35H49F3N4O6. The average Bonchev–Trinajstić information content (AvgIpc) is 3.01. The molecule has 0 aliphatic heterocycles. The van der Waals surface area contributed by atoms with E-state index in [4.69, 9.17) is 9.90 Å². The standard InChI is InChI=1S/C33H48N4O4.C2HF3O2/c1-6-8-17-37(18-9-7-2)26-15-16-27(31(38)35-30(32(39)40)25-13-11-10-12-14-25)28(21-26)34-33(41)36-29-23(4)19-22(3)20-24(29)5;3-2(4,5)1(6)7/h15-16,19-21,25,30H,6-14,17-18H2,1-5H3,(H,35,38)(H,39,40)(H2,34,36,41);(H,6,7)/t30-;/m0./s1. The molecule has 5 N–H and O–H groups in total. The van der Waals surface area contributed by atoms with Gasteiger partial charge in [0.1, 0.15) is 6.04 Å². The van der Waals surface area contributed by atoms with Crippen LogP contribution >= 0.6 is 0 Å². The van der Waals surface area contributed by atoms with Gasteiger partial charge in [0.05, 0.1) is 11.3 Å². The maximum absolute atomic E-state index is 13.6. The third-order valence-corrected chi connectivity index (χ3v) is 8.26. The fourth-order valence-electron chi connectivity index (χ4n) is 5.81. The van der Waals surface area contributed by atoms with Crippen LogP contribution < -0.4 is 20.9 Å². The van der Waals surface area contributed by atoms with Crippen LogP contribution in [0.1, 0.15) is 98.7 Å². The number of rotatable bonds is 13. The molecule has 266 valence electrons. The van der Waals surface area contributed by atoms with Crippen LogP contribution in [0.3, 0.4) is 0 Å². The summed E-state index contributed by atoms with van der Waals surface area (Å²) in [7, 11) is 0. The van der Waals surface area contributed by atoms with Crippen LogP contribution in [0.25, 0.3) is 0 Å². The first-order chi connectivity index (χ1) is 22.6. The summed E-state index contributed by atoms with van der Waals surface area (Å²) in [6.45, 7) is 12.0. The molecule has 1 aliphatic carbocycles. The molecule has 10 nitrogen and oxygen atoms in total. The van der Waals surface area contributed by atoms with E-state index in [2.05, 4.69) is 34.7 Å². The quantitative estimate of drug-likeness (QED) is 0.144. The van der Waals surface area contributed by atoms with Crippen molar-refractivity contribution in [2.45, 2.75) is 105 Å². The first-order valence-electron chi connectivity index (χ1n) is 16.5. The molecule has 1 saturated carbocycles. The number of halogens is 3. The zero-order valence-electron chi connectivity index (χ0n) is 28.4. The number of nitrogens with one attached hydrogen (secondary N) is 3. The number of benzene rings is 2. The molecule has 3 amide bonds. The predicted molar refractivity (Wildman–Crippen MR) is 181 cm³/mol. The van der Waals surface area contributed by atoms with Gasteiger partial charge in [-0.3, -0.25) is 4.79 Å². The number of hydrogen-bond donors (Lipinski definition) is 5. The number of carboxylic acid groups (broad SMARTS) is 2. The lowest BCUT2D eigenvalue weighted by Crippen LogP contribution is -2.46. The Kier molecular flexibility index (Phi) is 15.7. The first-order valence-corrected chi connectivity index (χ1v) is 16.5. The Balaban J connectivity index is 0.00000103. The van der Waals surface area contributed by atoms with Crippen molar-refractivity contribution < 1.29 is 42.6 Å². The summed E-state index contributed by atoms with van der Waals surface area (Å²) in [5, 5.41) is 25.7. The van der Waals surface area contributed by atoms with Crippen molar-refractivity contribution in [3.63, 3.8) is 0 Å². The Morgan fingerprint density at radius 3 is 1.90 bits per heavy atom. The highest BCUT2D eigenvalue weighted by atomic mass is 19.4. The third kappa shape index (κ3) is 12.4. The number of urea groups is 1. The smallest absolute Gasteiger partial charge is 0.480 e. The molecule has 2 aromatic carbocycles. The third-order valence-electron chi connectivity index (χ3n) is 8.26. The van der Waals surface area contributed by atoms with Crippen LogP contribution in [0.15, 0.2) is 30.3 Å². The van der Waals surface area contributed by atoms with E-state index in [-0.39, 0.29) is 11.5 Å². The first kappa shape index (κ1) is 39.9. The topological polar surface area (TPSA) is 148 Å². The molecule has 2 aromatic rings. The van der Waals surface area contributed by atoms with Gasteiger partial charge in [-0.25, -0.2) is 14.4 Å². The van der Waals surface area contributed by atoms with Crippen LogP contribution in [0.2, 0.25) is 0 Å². The van der Waals surface area contributed by atoms with Gasteiger partial charge in [-0.15, -0.1) is 0 Å². The van der Waals surface area contributed by atoms with Crippen molar-refractivity contribution in [1.82, 2.24) is 5.32 Å². The molecule has 0 heterocycles. The summed E-state index contributed by atoms with van der Waals surface area (Å²) in [4.78, 5) is 50.2. The minimum Gasteiger partial charge on any atom is -0.480 e. The van der Waals surface area contributed by atoms with Crippen LogP contribution in [0.4, 0.5) is 35.0 Å². The molecule has 0 bridgehead atoms. The number of carbonyl (C=O) groups excluding carboxylic acids is 2. The number of amides is 3. The second kappa shape index (κ2) is 18.9.